The van der Waals surface area contributed by atoms with Gasteiger partial charge in [0.15, 0.2) is 0 Å². The highest BCUT2D eigenvalue weighted by Crippen LogP contribution is 2.26. The topological polar surface area (TPSA) is 166 Å². The monoisotopic (exact) mass is 575 g/mol. The van der Waals surface area contributed by atoms with Crippen molar-refractivity contribution in [2.45, 2.75) is 19.4 Å². The summed E-state index contributed by atoms with van der Waals surface area (Å²) in [7, 11) is 3.66. The molecule has 3 aromatic rings. The summed E-state index contributed by atoms with van der Waals surface area (Å²) in [5.41, 5.74) is 2.34. The summed E-state index contributed by atoms with van der Waals surface area (Å²) >= 11 is 0.860. The van der Waals surface area contributed by atoms with Crippen molar-refractivity contribution >= 4 is 46.9 Å². The first-order valence-electron chi connectivity index (χ1n) is 13.0. The van der Waals surface area contributed by atoms with Gasteiger partial charge in [0.05, 0.1) is 21.9 Å². The maximum atomic E-state index is 12.0. The standard InChI is InChI=1S/C27H29N9O4S/c1-35(2)25-31-14-18(15-32-25)22-20(24(38)39)9-17(13-30-22)12-28-11-16-4-7-36(8-5-16)26-29-6-3-19(33-26)10-21-23(37)34-27(40)41-21/h3,6,9-10,13-16,28H,4-5,7-8,11-12H2,1-2H3,(H,38,39)(H,34,37,40)/b21-10+. The molecule has 5 heterocycles. The number of carbonyl (C=O) groups excluding carboxylic acids is 2. The molecular weight excluding hydrogens is 546 g/mol. The third-order valence-corrected chi connectivity index (χ3v) is 7.54. The average molecular weight is 576 g/mol. The average Bonchev–Trinajstić information content (AvgIpc) is 3.29. The third-order valence-electron chi connectivity index (χ3n) is 6.73. The minimum atomic E-state index is -1.06. The molecule has 2 aliphatic heterocycles. The minimum absolute atomic E-state index is 0.107. The first-order chi connectivity index (χ1) is 19.8. The number of aromatic nitrogens is 5. The van der Waals surface area contributed by atoms with Crippen LogP contribution in [0.5, 0.6) is 0 Å². The van der Waals surface area contributed by atoms with Crippen LogP contribution in [-0.4, -0.2) is 80.9 Å². The Bertz CT molecular complexity index is 1490. The summed E-state index contributed by atoms with van der Waals surface area (Å²) in [6.45, 7) is 2.85. The van der Waals surface area contributed by atoms with Crippen molar-refractivity contribution in [2.75, 3.05) is 43.5 Å². The second-order valence-electron chi connectivity index (χ2n) is 9.91. The summed E-state index contributed by atoms with van der Waals surface area (Å²) in [4.78, 5) is 61.3. The molecule has 2 aliphatic rings. The number of anilines is 2. The van der Waals surface area contributed by atoms with Gasteiger partial charge in [-0.05, 0) is 60.8 Å². The molecule has 2 amide bonds. The van der Waals surface area contributed by atoms with E-state index in [2.05, 4.69) is 40.5 Å². The number of aromatic carboxylic acids is 1. The summed E-state index contributed by atoms with van der Waals surface area (Å²) in [6.07, 6.45) is 9.96. The zero-order chi connectivity index (χ0) is 28.9. The number of hydrogen-bond acceptors (Lipinski definition) is 12. The van der Waals surface area contributed by atoms with Crippen LogP contribution in [0.3, 0.4) is 0 Å². The minimum Gasteiger partial charge on any atom is -0.478 e. The molecule has 212 valence electrons. The van der Waals surface area contributed by atoms with Crippen molar-refractivity contribution < 1.29 is 19.5 Å². The molecule has 0 atom stereocenters. The number of carboxylic acids is 1. The van der Waals surface area contributed by atoms with E-state index in [0.29, 0.717) is 46.2 Å². The van der Waals surface area contributed by atoms with Crippen molar-refractivity contribution in [3.05, 3.63) is 58.6 Å². The molecular formula is C27H29N9O4S. The molecule has 2 saturated heterocycles. The highest BCUT2D eigenvalue weighted by Gasteiger charge is 2.26. The summed E-state index contributed by atoms with van der Waals surface area (Å²) in [5, 5.41) is 15.1. The number of piperidine rings is 1. The number of rotatable bonds is 9. The van der Waals surface area contributed by atoms with Crippen LogP contribution >= 0.6 is 11.8 Å². The van der Waals surface area contributed by atoms with Crippen LogP contribution in [0, 0.1) is 5.92 Å². The van der Waals surface area contributed by atoms with Gasteiger partial charge in [-0.25, -0.2) is 24.7 Å². The van der Waals surface area contributed by atoms with E-state index < -0.39 is 11.9 Å². The first-order valence-corrected chi connectivity index (χ1v) is 13.8. The number of carboxylic acid groups (broad SMARTS) is 1. The van der Waals surface area contributed by atoms with Crippen LogP contribution in [0.4, 0.5) is 16.7 Å². The van der Waals surface area contributed by atoms with E-state index >= 15 is 0 Å². The van der Waals surface area contributed by atoms with E-state index in [1.165, 1.54) is 0 Å². The number of nitrogens with one attached hydrogen (secondary N) is 2. The normalized spacial score (nSPS) is 16.7. The lowest BCUT2D eigenvalue weighted by atomic mass is 9.97. The molecule has 0 saturated carbocycles. The quantitative estimate of drug-likeness (QED) is 0.319. The highest BCUT2D eigenvalue weighted by molar-refractivity contribution is 8.18. The van der Waals surface area contributed by atoms with Crippen molar-refractivity contribution in [3.8, 4) is 11.3 Å². The fourth-order valence-corrected chi connectivity index (χ4v) is 5.25. The molecule has 0 unspecified atom stereocenters. The van der Waals surface area contributed by atoms with Gasteiger partial charge in [-0.15, -0.1) is 0 Å². The van der Waals surface area contributed by atoms with E-state index in [1.54, 1.807) is 47.9 Å². The number of imide groups is 1. The Kier molecular flexibility index (Phi) is 8.50. The van der Waals surface area contributed by atoms with Gasteiger partial charge in [0.25, 0.3) is 11.1 Å². The van der Waals surface area contributed by atoms with Crippen LogP contribution in [0.25, 0.3) is 17.3 Å². The SMILES string of the molecule is CN(C)c1ncc(-c2ncc(CNCC3CCN(c4nccc(/C=C5/SC(=O)NC5=O)n4)CC3)cc2C(=O)O)cn1. The number of pyridine rings is 1. The predicted molar refractivity (Wildman–Crippen MR) is 154 cm³/mol. The van der Waals surface area contributed by atoms with Crippen LogP contribution in [0.15, 0.2) is 41.8 Å². The van der Waals surface area contributed by atoms with Gasteiger partial charge in [-0.2, -0.15) is 0 Å². The maximum absolute atomic E-state index is 12.0. The Morgan fingerprint density at radius 3 is 2.59 bits per heavy atom. The lowest BCUT2D eigenvalue weighted by Crippen LogP contribution is -2.38. The number of carbonyl (C=O) groups is 3. The first kappa shape index (κ1) is 28.1. The molecule has 3 N–H and O–H groups in total. The Morgan fingerprint density at radius 2 is 1.93 bits per heavy atom. The van der Waals surface area contributed by atoms with Crippen molar-refractivity contribution in [1.29, 1.82) is 0 Å². The molecule has 3 aromatic heterocycles. The molecule has 0 aromatic carbocycles. The molecule has 0 bridgehead atoms. The van der Waals surface area contributed by atoms with Crippen molar-refractivity contribution in [1.82, 2.24) is 35.6 Å². The molecule has 0 aliphatic carbocycles. The lowest BCUT2D eigenvalue weighted by Gasteiger charge is -2.32. The van der Waals surface area contributed by atoms with Gasteiger partial charge >= 0.3 is 5.97 Å². The largest absolute Gasteiger partial charge is 0.478 e. The van der Waals surface area contributed by atoms with Crippen molar-refractivity contribution in [3.63, 3.8) is 0 Å². The molecule has 14 heteroatoms. The summed E-state index contributed by atoms with van der Waals surface area (Å²) < 4.78 is 0. The zero-order valence-electron chi connectivity index (χ0n) is 22.6. The van der Waals surface area contributed by atoms with Crippen LogP contribution in [0.2, 0.25) is 0 Å². The predicted octanol–water partition coefficient (Wildman–Crippen LogP) is 2.42. The Hall–Kier alpha value is -4.43. The number of amides is 2. The summed E-state index contributed by atoms with van der Waals surface area (Å²) in [6, 6.07) is 3.35. The van der Waals surface area contributed by atoms with Gasteiger partial charge in [0.2, 0.25) is 11.9 Å². The fraction of sp³-hybridized carbons (Fsp3) is 0.333. The lowest BCUT2D eigenvalue weighted by molar-refractivity contribution is -0.115. The third kappa shape index (κ3) is 6.84. The smallest absolute Gasteiger partial charge is 0.337 e. The van der Waals surface area contributed by atoms with E-state index in [1.807, 2.05) is 14.1 Å². The zero-order valence-corrected chi connectivity index (χ0v) is 23.4. The molecule has 0 radical (unpaired) electrons. The number of nitrogens with zero attached hydrogens (tertiary/aromatic N) is 7. The second kappa shape index (κ2) is 12.4. The van der Waals surface area contributed by atoms with E-state index in [0.717, 1.165) is 49.8 Å². The number of hydrogen-bond donors (Lipinski definition) is 3. The van der Waals surface area contributed by atoms with Crippen LogP contribution < -0.4 is 20.4 Å². The molecule has 2 fully saturated rings. The fourth-order valence-electron chi connectivity index (χ4n) is 4.58. The maximum Gasteiger partial charge on any atom is 0.337 e. The van der Waals surface area contributed by atoms with E-state index in [-0.39, 0.29) is 10.8 Å². The van der Waals surface area contributed by atoms with E-state index in [9.17, 15) is 19.5 Å². The Balaban J connectivity index is 1.14. The van der Waals surface area contributed by atoms with Gasteiger partial charge < -0.3 is 20.2 Å². The number of thioether (sulfide) groups is 1. The summed E-state index contributed by atoms with van der Waals surface area (Å²) in [5.74, 6) is 0.0986. The van der Waals surface area contributed by atoms with Gasteiger partial charge in [-0.1, -0.05) is 0 Å². The Morgan fingerprint density at radius 1 is 1.17 bits per heavy atom. The molecule has 0 spiro atoms. The molecule has 5 rings (SSSR count). The Labute approximate surface area is 240 Å². The highest BCUT2D eigenvalue weighted by atomic mass is 32.2. The van der Waals surface area contributed by atoms with Gasteiger partial charge in [-0.3, -0.25) is 19.9 Å². The van der Waals surface area contributed by atoms with Crippen LogP contribution in [-0.2, 0) is 11.3 Å². The molecule has 41 heavy (non-hydrogen) atoms. The molecule has 13 nitrogen and oxygen atoms in total. The van der Waals surface area contributed by atoms with Crippen LogP contribution in [0.1, 0.15) is 34.5 Å². The van der Waals surface area contributed by atoms with Gasteiger partial charge in [0, 0.05) is 64.1 Å². The van der Waals surface area contributed by atoms with Crippen molar-refractivity contribution in [2.24, 2.45) is 5.92 Å². The van der Waals surface area contributed by atoms with E-state index in [4.69, 9.17) is 0 Å². The van der Waals surface area contributed by atoms with Gasteiger partial charge in [0.1, 0.15) is 0 Å². The second-order valence-corrected chi connectivity index (χ2v) is 10.9.